The van der Waals surface area contributed by atoms with E-state index in [-0.39, 0.29) is 5.56 Å². The highest BCUT2D eigenvalue weighted by Gasteiger charge is 2.18. The number of hydrogen-bond donors (Lipinski definition) is 1. The van der Waals surface area contributed by atoms with E-state index in [4.69, 9.17) is 0 Å². The maximum atomic E-state index is 13.5. The summed E-state index contributed by atoms with van der Waals surface area (Å²) in [4.78, 5) is 3.99. The maximum absolute atomic E-state index is 13.5. The SMILES string of the molecule is Cc1cccnc1C(O)c1cc(F)ccc1F. The summed E-state index contributed by atoms with van der Waals surface area (Å²) in [6.07, 6.45) is 0.245. The number of pyridine rings is 1. The zero-order valence-corrected chi connectivity index (χ0v) is 9.19. The summed E-state index contributed by atoms with van der Waals surface area (Å²) in [5.41, 5.74) is 0.951. The summed E-state index contributed by atoms with van der Waals surface area (Å²) in [6.45, 7) is 1.75. The lowest BCUT2D eigenvalue weighted by molar-refractivity contribution is 0.208. The van der Waals surface area contributed by atoms with E-state index in [1.54, 1.807) is 19.1 Å². The number of rotatable bonds is 2. The van der Waals surface area contributed by atoms with Gasteiger partial charge in [0, 0.05) is 11.8 Å². The van der Waals surface area contributed by atoms with E-state index >= 15 is 0 Å². The summed E-state index contributed by atoms with van der Waals surface area (Å²) in [5.74, 6) is -1.24. The van der Waals surface area contributed by atoms with Crippen LogP contribution in [0, 0.1) is 18.6 Å². The van der Waals surface area contributed by atoms with Crippen LogP contribution in [0.4, 0.5) is 8.78 Å². The molecule has 1 N–H and O–H groups in total. The van der Waals surface area contributed by atoms with E-state index in [1.165, 1.54) is 6.20 Å². The fourth-order valence-corrected chi connectivity index (χ4v) is 1.66. The third-order valence-electron chi connectivity index (χ3n) is 2.56. The Morgan fingerprint density at radius 2 is 2.00 bits per heavy atom. The first-order chi connectivity index (χ1) is 8.09. The maximum Gasteiger partial charge on any atom is 0.129 e. The molecule has 2 rings (SSSR count). The molecule has 0 saturated carbocycles. The van der Waals surface area contributed by atoms with Gasteiger partial charge in [0.1, 0.15) is 17.7 Å². The molecule has 2 aromatic rings. The number of hydrogen-bond acceptors (Lipinski definition) is 2. The van der Waals surface area contributed by atoms with Crippen LogP contribution >= 0.6 is 0 Å². The van der Waals surface area contributed by atoms with Crippen molar-refractivity contribution >= 4 is 0 Å². The number of aliphatic hydroxyl groups is 1. The molecular formula is C13H11F2NO. The Morgan fingerprint density at radius 1 is 1.24 bits per heavy atom. The topological polar surface area (TPSA) is 33.1 Å². The Bertz CT molecular complexity index is 543. The normalized spacial score (nSPS) is 12.5. The molecule has 0 aliphatic rings. The minimum atomic E-state index is -1.26. The van der Waals surface area contributed by atoms with E-state index in [0.717, 1.165) is 23.8 Å². The number of benzene rings is 1. The molecule has 0 amide bonds. The highest BCUT2D eigenvalue weighted by atomic mass is 19.1. The summed E-state index contributed by atoms with van der Waals surface area (Å²) >= 11 is 0. The number of aryl methyl sites for hydroxylation is 1. The Kier molecular flexibility index (Phi) is 3.15. The minimum absolute atomic E-state index is 0.105. The first-order valence-corrected chi connectivity index (χ1v) is 5.14. The van der Waals surface area contributed by atoms with E-state index < -0.39 is 17.7 Å². The highest BCUT2D eigenvalue weighted by Crippen LogP contribution is 2.25. The Hall–Kier alpha value is -1.81. The van der Waals surface area contributed by atoms with Crippen LogP contribution in [0.3, 0.4) is 0 Å². The first-order valence-electron chi connectivity index (χ1n) is 5.14. The molecule has 0 spiro atoms. The molecule has 0 saturated heterocycles. The van der Waals surface area contributed by atoms with Gasteiger partial charge in [-0.25, -0.2) is 8.78 Å². The van der Waals surface area contributed by atoms with Crippen molar-refractivity contribution in [1.29, 1.82) is 0 Å². The van der Waals surface area contributed by atoms with Crippen LogP contribution in [0.25, 0.3) is 0 Å². The van der Waals surface area contributed by atoms with Crippen molar-refractivity contribution < 1.29 is 13.9 Å². The first kappa shape index (κ1) is 11.7. The molecule has 0 aliphatic heterocycles. The zero-order chi connectivity index (χ0) is 12.4. The third kappa shape index (κ3) is 2.31. The van der Waals surface area contributed by atoms with Crippen LogP contribution in [-0.2, 0) is 0 Å². The summed E-state index contributed by atoms with van der Waals surface area (Å²) in [7, 11) is 0. The Labute approximate surface area is 97.6 Å². The fraction of sp³-hybridized carbons (Fsp3) is 0.154. The molecule has 1 aromatic carbocycles. The molecule has 0 aliphatic carbocycles. The fourth-order valence-electron chi connectivity index (χ4n) is 1.66. The van der Waals surface area contributed by atoms with Gasteiger partial charge in [-0.3, -0.25) is 4.98 Å². The lowest BCUT2D eigenvalue weighted by Crippen LogP contribution is -2.07. The van der Waals surface area contributed by atoms with Crippen LogP contribution in [0.15, 0.2) is 36.5 Å². The van der Waals surface area contributed by atoms with E-state index in [9.17, 15) is 13.9 Å². The molecule has 0 bridgehead atoms. The van der Waals surface area contributed by atoms with Crippen LogP contribution < -0.4 is 0 Å². The second-order valence-electron chi connectivity index (χ2n) is 3.77. The molecule has 0 fully saturated rings. The lowest BCUT2D eigenvalue weighted by atomic mass is 10.0. The average Bonchev–Trinajstić information content (AvgIpc) is 2.32. The molecule has 1 aromatic heterocycles. The van der Waals surface area contributed by atoms with Crippen LogP contribution in [-0.4, -0.2) is 10.1 Å². The number of halogens is 2. The predicted molar refractivity (Wildman–Crippen MR) is 59.4 cm³/mol. The van der Waals surface area contributed by atoms with E-state index in [1.807, 2.05) is 0 Å². The largest absolute Gasteiger partial charge is 0.382 e. The van der Waals surface area contributed by atoms with Gasteiger partial charge in [-0.2, -0.15) is 0 Å². The monoisotopic (exact) mass is 235 g/mol. The number of aromatic nitrogens is 1. The summed E-state index contributed by atoms with van der Waals surface area (Å²) < 4.78 is 26.5. The zero-order valence-electron chi connectivity index (χ0n) is 9.19. The number of aliphatic hydroxyl groups excluding tert-OH is 1. The Morgan fingerprint density at radius 3 is 2.71 bits per heavy atom. The second kappa shape index (κ2) is 4.59. The summed E-state index contributed by atoms with van der Waals surface area (Å²) in [6, 6.07) is 6.45. The molecule has 2 nitrogen and oxygen atoms in total. The van der Waals surface area contributed by atoms with Gasteiger partial charge in [-0.15, -0.1) is 0 Å². The van der Waals surface area contributed by atoms with Gasteiger partial charge in [0.2, 0.25) is 0 Å². The molecular weight excluding hydrogens is 224 g/mol. The quantitative estimate of drug-likeness (QED) is 0.868. The van der Waals surface area contributed by atoms with Crippen molar-refractivity contribution in [2.24, 2.45) is 0 Å². The molecule has 88 valence electrons. The van der Waals surface area contributed by atoms with Gasteiger partial charge in [0.05, 0.1) is 5.69 Å². The predicted octanol–water partition coefficient (Wildman–Crippen LogP) is 2.75. The molecule has 17 heavy (non-hydrogen) atoms. The molecule has 1 atom stereocenters. The van der Waals surface area contributed by atoms with Crippen molar-refractivity contribution in [1.82, 2.24) is 4.98 Å². The van der Waals surface area contributed by atoms with Crippen molar-refractivity contribution in [3.05, 3.63) is 65.0 Å². The van der Waals surface area contributed by atoms with Crippen molar-refractivity contribution in [2.75, 3.05) is 0 Å². The molecule has 0 radical (unpaired) electrons. The minimum Gasteiger partial charge on any atom is -0.382 e. The smallest absolute Gasteiger partial charge is 0.129 e. The van der Waals surface area contributed by atoms with Gasteiger partial charge < -0.3 is 5.11 Å². The van der Waals surface area contributed by atoms with Crippen LogP contribution in [0.5, 0.6) is 0 Å². The van der Waals surface area contributed by atoms with Gasteiger partial charge in [0.25, 0.3) is 0 Å². The van der Waals surface area contributed by atoms with Crippen LogP contribution in [0.2, 0.25) is 0 Å². The second-order valence-corrected chi connectivity index (χ2v) is 3.77. The van der Waals surface area contributed by atoms with Gasteiger partial charge in [-0.05, 0) is 36.8 Å². The molecule has 1 unspecified atom stereocenters. The highest BCUT2D eigenvalue weighted by molar-refractivity contribution is 5.31. The Balaban J connectivity index is 2.47. The molecule has 1 heterocycles. The van der Waals surface area contributed by atoms with Gasteiger partial charge in [-0.1, -0.05) is 6.07 Å². The van der Waals surface area contributed by atoms with Crippen molar-refractivity contribution in [2.45, 2.75) is 13.0 Å². The van der Waals surface area contributed by atoms with Crippen molar-refractivity contribution in [3.63, 3.8) is 0 Å². The van der Waals surface area contributed by atoms with Crippen LogP contribution in [0.1, 0.15) is 22.9 Å². The van der Waals surface area contributed by atoms with Crippen molar-refractivity contribution in [3.8, 4) is 0 Å². The van der Waals surface area contributed by atoms with E-state index in [0.29, 0.717) is 5.69 Å². The lowest BCUT2D eigenvalue weighted by Gasteiger charge is -2.13. The standard InChI is InChI=1S/C13H11F2NO/c1-8-3-2-6-16-12(8)13(17)10-7-9(14)4-5-11(10)15/h2-7,13,17H,1H3. The summed E-state index contributed by atoms with van der Waals surface area (Å²) in [5, 5.41) is 10.0. The van der Waals surface area contributed by atoms with Gasteiger partial charge >= 0.3 is 0 Å². The molecule has 4 heteroatoms. The number of nitrogens with zero attached hydrogens (tertiary/aromatic N) is 1. The third-order valence-corrected chi connectivity index (χ3v) is 2.56. The van der Waals surface area contributed by atoms with E-state index in [2.05, 4.69) is 4.98 Å². The average molecular weight is 235 g/mol. The van der Waals surface area contributed by atoms with Gasteiger partial charge in [0.15, 0.2) is 0 Å².